The van der Waals surface area contributed by atoms with Gasteiger partial charge in [0.25, 0.3) is 0 Å². The molecule has 1 aromatic carbocycles. The van der Waals surface area contributed by atoms with Gasteiger partial charge in [0.05, 0.1) is 6.54 Å². The molecular weight excluding hydrogens is 307 g/mol. The SMILES string of the molecule is C=CCN1CCC(NC(=NCc2ccc(O)c(F)c2)NCC)CC1. The molecule has 0 unspecified atom stereocenters. The van der Waals surface area contributed by atoms with Gasteiger partial charge in [0.2, 0.25) is 0 Å². The average Bonchev–Trinajstić information content (AvgIpc) is 2.58. The van der Waals surface area contributed by atoms with Crippen molar-refractivity contribution < 1.29 is 9.50 Å². The van der Waals surface area contributed by atoms with Crippen molar-refractivity contribution in [3.8, 4) is 5.75 Å². The molecule has 2 rings (SSSR count). The average molecular weight is 334 g/mol. The van der Waals surface area contributed by atoms with Crippen LogP contribution in [-0.4, -0.2) is 48.2 Å². The van der Waals surface area contributed by atoms with E-state index in [4.69, 9.17) is 0 Å². The van der Waals surface area contributed by atoms with E-state index in [2.05, 4.69) is 27.1 Å². The fourth-order valence-electron chi connectivity index (χ4n) is 2.77. The van der Waals surface area contributed by atoms with Gasteiger partial charge in [0.1, 0.15) is 0 Å². The molecule has 0 aromatic heterocycles. The summed E-state index contributed by atoms with van der Waals surface area (Å²) in [7, 11) is 0. The van der Waals surface area contributed by atoms with Gasteiger partial charge in [-0.3, -0.25) is 4.90 Å². The first kappa shape index (κ1) is 18.3. The van der Waals surface area contributed by atoms with E-state index in [1.54, 1.807) is 6.07 Å². The van der Waals surface area contributed by atoms with Crippen LogP contribution in [0.1, 0.15) is 25.3 Å². The maximum Gasteiger partial charge on any atom is 0.191 e. The minimum Gasteiger partial charge on any atom is -0.505 e. The Morgan fingerprint density at radius 2 is 2.21 bits per heavy atom. The standard InChI is InChI=1S/C18H27FN4O/c1-3-9-23-10-7-15(8-11-23)22-18(20-4-2)21-13-14-5-6-17(24)16(19)12-14/h3,5-6,12,15,24H,1,4,7-11,13H2,2H3,(H2,20,21,22). The number of halogens is 1. The van der Waals surface area contributed by atoms with Crippen molar-refractivity contribution in [3.05, 3.63) is 42.2 Å². The minimum atomic E-state index is -0.616. The number of guanidine groups is 1. The first-order valence-electron chi connectivity index (χ1n) is 8.48. The summed E-state index contributed by atoms with van der Waals surface area (Å²) < 4.78 is 13.4. The van der Waals surface area contributed by atoms with Crippen LogP contribution in [-0.2, 0) is 6.54 Å². The van der Waals surface area contributed by atoms with Crippen LogP contribution in [0.3, 0.4) is 0 Å². The molecule has 0 saturated carbocycles. The molecule has 0 radical (unpaired) electrons. The Labute approximate surface area is 143 Å². The van der Waals surface area contributed by atoms with Crippen molar-refractivity contribution in [2.45, 2.75) is 32.4 Å². The van der Waals surface area contributed by atoms with E-state index < -0.39 is 5.82 Å². The molecule has 0 bridgehead atoms. The summed E-state index contributed by atoms with van der Waals surface area (Å²) >= 11 is 0. The van der Waals surface area contributed by atoms with Gasteiger partial charge >= 0.3 is 0 Å². The van der Waals surface area contributed by atoms with E-state index in [-0.39, 0.29) is 5.75 Å². The highest BCUT2D eigenvalue weighted by Crippen LogP contribution is 2.16. The predicted molar refractivity (Wildman–Crippen MR) is 95.7 cm³/mol. The summed E-state index contributed by atoms with van der Waals surface area (Å²) in [5, 5.41) is 15.9. The number of nitrogens with one attached hydrogen (secondary N) is 2. The molecule has 6 heteroatoms. The molecule has 132 valence electrons. The first-order chi connectivity index (χ1) is 11.6. The number of likely N-dealkylation sites (tertiary alicyclic amines) is 1. The summed E-state index contributed by atoms with van der Waals surface area (Å²) in [6, 6.07) is 4.74. The zero-order valence-electron chi connectivity index (χ0n) is 14.3. The Balaban J connectivity index is 1.91. The van der Waals surface area contributed by atoms with Crippen molar-refractivity contribution in [1.82, 2.24) is 15.5 Å². The summed E-state index contributed by atoms with van der Waals surface area (Å²) in [5.41, 5.74) is 0.725. The van der Waals surface area contributed by atoms with Crippen molar-refractivity contribution >= 4 is 5.96 Å². The summed E-state index contributed by atoms with van der Waals surface area (Å²) in [6.45, 7) is 9.97. The molecule has 0 aliphatic carbocycles. The number of phenols is 1. The number of phenolic OH excluding ortho intramolecular Hbond substituents is 1. The fourth-order valence-corrected chi connectivity index (χ4v) is 2.77. The molecular formula is C18H27FN4O. The Morgan fingerprint density at radius 1 is 1.46 bits per heavy atom. The second-order valence-electron chi connectivity index (χ2n) is 5.99. The molecule has 0 atom stereocenters. The van der Waals surface area contributed by atoms with E-state index in [9.17, 15) is 9.50 Å². The van der Waals surface area contributed by atoms with Gasteiger partial charge in [-0.1, -0.05) is 12.1 Å². The largest absolute Gasteiger partial charge is 0.505 e. The summed E-state index contributed by atoms with van der Waals surface area (Å²) in [6.07, 6.45) is 4.06. The number of rotatable bonds is 6. The number of nitrogens with zero attached hydrogens (tertiary/aromatic N) is 2. The third-order valence-corrected chi connectivity index (χ3v) is 4.09. The first-order valence-corrected chi connectivity index (χ1v) is 8.48. The molecule has 1 fully saturated rings. The van der Waals surface area contributed by atoms with Crippen LogP contribution in [0, 0.1) is 5.82 Å². The molecule has 1 aliphatic rings. The Bertz CT molecular complexity index is 568. The number of hydrogen-bond donors (Lipinski definition) is 3. The quantitative estimate of drug-likeness (QED) is 0.424. The van der Waals surface area contributed by atoms with Crippen molar-refractivity contribution in [2.24, 2.45) is 4.99 Å². The van der Waals surface area contributed by atoms with Gasteiger partial charge in [0, 0.05) is 32.2 Å². The molecule has 1 aromatic rings. The van der Waals surface area contributed by atoms with E-state index in [0.717, 1.165) is 50.5 Å². The predicted octanol–water partition coefficient (Wildman–Crippen LogP) is 2.24. The van der Waals surface area contributed by atoms with Crippen molar-refractivity contribution in [3.63, 3.8) is 0 Å². The fraction of sp³-hybridized carbons (Fsp3) is 0.500. The van der Waals surface area contributed by atoms with Crippen molar-refractivity contribution in [2.75, 3.05) is 26.2 Å². The molecule has 0 spiro atoms. The van der Waals surface area contributed by atoms with Crippen LogP contribution in [0.4, 0.5) is 4.39 Å². The van der Waals surface area contributed by atoms with Gasteiger partial charge in [-0.25, -0.2) is 9.38 Å². The van der Waals surface area contributed by atoms with Crippen LogP contribution in [0.5, 0.6) is 5.75 Å². The van der Waals surface area contributed by atoms with E-state index in [0.29, 0.717) is 12.6 Å². The lowest BCUT2D eigenvalue weighted by Crippen LogP contribution is -2.48. The van der Waals surface area contributed by atoms with Gasteiger partial charge in [-0.2, -0.15) is 0 Å². The normalized spacial score (nSPS) is 16.8. The Morgan fingerprint density at radius 3 is 2.83 bits per heavy atom. The number of benzene rings is 1. The van der Waals surface area contributed by atoms with Crippen LogP contribution in [0.2, 0.25) is 0 Å². The molecule has 0 amide bonds. The van der Waals surface area contributed by atoms with Crippen LogP contribution >= 0.6 is 0 Å². The van der Waals surface area contributed by atoms with E-state index in [1.165, 1.54) is 12.1 Å². The zero-order valence-corrected chi connectivity index (χ0v) is 14.3. The highest BCUT2D eigenvalue weighted by atomic mass is 19.1. The number of aromatic hydroxyl groups is 1. The zero-order chi connectivity index (χ0) is 17.4. The molecule has 1 heterocycles. The van der Waals surface area contributed by atoms with Gasteiger partial charge in [-0.05, 0) is 37.5 Å². The molecule has 3 N–H and O–H groups in total. The third kappa shape index (κ3) is 5.53. The van der Waals surface area contributed by atoms with E-state index in [1.807, 2.05) is 13.0 Å². The monoisotopic (exact) mass is 334 g/mol. The summed E-state index contributed by atoms with van der Waals surface area (Å²) in [4.78, 5) is 6.90. The molecule has 1 saturated heterocycles. The van der Waals surface area contributed by atoms with Gasteiger partial charge < -0.3 is 15.7 Å². The highest BCUT2D eigenvalue weighted by Gasteiger charge is 2.19. The number of hydrogen-bond acceptors (Lipinski definition) is 3. The number of aliphatic imine (C=N–C) groups is 1. The van der Waals surface area contributed by atoms with Gasteiger partial charge in [0.15, 0.2) is 17.5 Å². The Hall–Kier alpha value is -2.08. The third-order valence-electron chi connectivity index (χ3n) is 4.09. The number of piperidine rings is 1. The molecule has 24 heavy (non-hydrogen) atoms. The topological polar surface area (TPSA) is 59.9 Å². The highest BCUT2D eigenvalue weighted by molar-refractivity contribution is 5.80. The second-order valence-corrected chi connectivity index (χ2v) is 5.99. The Kier molecular flexibility index (Phi) is 7.06. The van der Waals surface area contributed by atoms with Crippen LogP contribution < -0.4 is 10.6 Å². The maximum atomic E-state index is 13.4. The van der Waals surface area contributed by atoms with Crippen LogP contribution in [0.25, 0.3) is 0 Å². The smallest absolute Gasteiger partial charge is 0.191 e. The second kappa shape index (κ2) is 9.27. The van der Waals surface area contributed by atoms with Gasteiger partial charge in [-0.15, -0.1) is 6.58 Å². The lowest BCUT2D eigenvalue weighted by molar-refractivity contribution is 0.225. The molecule has 1 aliphatic heterocycles. The lowest BCUT2D eigenvalue weighted by atomic mass is 10.1. The molecule has 5 nitrogen and oxygen atoms in total. The lowest BCUT2D eigenvalue weighted by Gasteiger charge is -2.32. The summed E-state index contributed by atoms with van der Waals surface area (Å²) in [5.74, 6) is -0.206. The maximum absolute atomic E-state index is 13.4. The van der Waals surface area contributed by atoms with Crippen LogP contribution in [0.15, 0.2) is 35.8 Å². The van der Waals surface area contributed by atoms with E-state index >= 15 is 0 Å². The van der Waals surface area contributed by atoms with Crippen molar-refractivity contribution in [1.29, 1.82) is 0 Å². The minimum absolute atomic E-state index is 0.334.